The Hall–Kier alpha value is 1.09. The molecule has 0 N–H and O–H groups in total. The van der Waals surface area contributed by atoms with Crippen LogP contribution in [0, 0.1) is 0 Å². The van der Waals surface area contributed by atoms with E-state index >= 15 is 0 Å². The molecule has 0 fully saturated rings. The molecule has 0 saturated heterocycles. The van der Waals surface area contributed by atoms with Gasteiger partial charge in [0.05, 0.1) is 0 Å². The predicted octanol–water partition coefficient (Wildman–Crippen LogP) is 3.55. The summed E-state index contributed by atoms with van der Waals surface area (Å²) in [6, 6.07) is 0. The molecule has 0 aliphatic carbocycles. The predicted molar refractivity (Wildman–Crippen MR) is 52.4 cm³/mol. The summed E-state index contributed by atoms with van der Waals surface area (Å²) in [7, 11) is 6.44. The van der Waals surface area contributed by atoms with E-state index in [2.05, 4.69) is 41.5 Å². The first-order chi connectivity index (χ1) is 4.15. The van der Waals surface area contributed by atoms with Crippen molar-refractivity contribution in [2.75, 3.05) is 0 Å². The Bertz CT molecular complexity index is 93.4. The SMILES string of the molecule is C[C](C)(C)[SnH]([Cl])[C](C)(C)C. The molecule has 2 heteroatoms. The summed E-state index contributed by atoms with van der Waals surface area (Å²) in [5, 5.41) is 0. The maximum absolute atomic E-state index is 6.44. The summed E-state index contributed by atoms with van der Waals surface area (Å²) in [5.41, 5.74) is 0. The maximum atomic E-state index is 6.44. The number of hydrogen-bond donors (Lipinski definition) is 0. The summed E-state index contributed by atoms with van der Waals surface area (Å²) in [6.07, 6.45) is 0. The molecule has 0 radical (unpaired) electrons. The Balaban J connectivity index is 4.23. The summed E-state index contributed by atoms with van der Waals surface area (Å²) >= 11 is -1.79. The first kappa shape index (κ1) is 11.1. The van der Waals surface area contributed by atoms with E-state index in [9.17, 15) is 0 Å². The molecule has 0 saturated carbocycles. The van der Waals surface area contributed by atoms with Crippen LogP contribution >= 0.6 is 8.92 Å². The molecule has 0 aromatic carbocycles. The number of hydrogen-bond acceptors (Lipinski definition) is 0. The molecule has 0 aromatic heterocycles. The van der Waals surface area contributed by atoms with Crippen molar-refractivity contribution in [3.05, 3.63) is 0 Å². The second-order valence-corrected chi connectivity index (χ2v) is 20.0. The molecule has 0 aromatic rings. The van der Waals surface area contributed by atoms with Gasteiger partial charge in [0.1, 0.15) is 0 Å². The zero-order chi connectivity index (χ0) is 8.58. The number of halogens is 1. The van der Waals surface area contributed by atoms with Gasteiger partial charge in [0.2, 0.25) is 0 Å². The summed E-state index contributed by atoms with van der Waals surface area (Å²) in [4.78, 5) is 0. The van der Waals surface area contributed by atoms with Crippen LogP contribution in [0.2, 0.25) is 6.86 Å². The molecule has 0 atom stereocenters. The minimum absolute atomic E-state index is 0.418. The van der Waals surface area contributed by atoms with Crippen molar-refractivity contribution in [1.82, 2.24) is 0 Å². The third-order valence-corrected chi connectivity index (χ3v) is 19.0. The molecule has 0 rings (SSSR count). The van der Waals surface area contributed by atoms with Crippen LogP contribution in [0.3, 0.4) is 0 Å². The van der Waals surface area contributed by atoms with Gasteiger partial charge in [-0.25, -0.2) is 0 Å². The van der Waals surface area contributed by atoms with E-state index in [4.69, 9.17) is 8.92 Å². The Kier molecular flexibility index (Phi) is 3.57. The van der Waals surface area contributed by atoms with Crippen molar-refractivity contribution in [3.63, 3.8) is 0 Å². The molecule has 10 heavy (non-hydrogen) atoms. The van der Waals surface area contributed by atoms with E-state index in [1.807, 2.05) is 0 Å². The van der Waals surface area contributed by atoms with Gasteiger partial charge < -0.3 is 0 Å². The van der Waals surface area contributed by atoms with Crippen LogP contribution in [-0.4, -0.2) is 18.6 Å². The van der Waals surface area contributed by atoms with Crippen LogP contribution in [-0.2, 0) is 0 Å². The Morgan fingerprint density at radius 1 is 0.800 bits per heavy atom. The summed E-state index contributed by atoms with van der Waals surface area (Å²) in [5.74, 6) is 0. The fourth-order valence-corrected chi connectivity index (χ4v) is 8.71. The van der Waals surface area contributed by atoms with Crippen LogP contribution in [0.4, 0.5) is 0 Å². The monoisotopic (exact) mass is 270 g/mol. The first-order valence-corrected chi connectivity index (χ1v) is 11.3. The van der Waals surface area contributed by atoms with Gasteiger partial charge in [-0.15, -0.1) is 0 Å². The average molecular weight is 269 g/mol. The van der Waals surface area contributed by atoms with Crippen molar-refractivity contribution in [2.24, 2.45) is 0 Å². The van der Waals surface area contributed by atoms with E-state index in [0.29, 0.717) is 6.86 Å². The fraction of sp³-hybridized carbons (Fsp3) is 1.00. The Labute approximate surface area is 75.8 Å². The van der Waals surface area contributed by atoms with Gasteiger partial charge in [-0.05, 0) is 0 Å². The van der Waals surface area contributed by atoms with Crippen molar-refractivity contribution >= 4 is 27.6 Å². The zero-order valence-electron chi connectivity index (χ0n) is 7.96. The van der Waals surface area contributed by atoms with Gasteiger partial charge in [-0.1, -0.05) is 0 Å². The topological polar surface area (TPSA) is 0 Å². The first-order valence-electron chi connectivity index (χ1n) is 3.80. The van der Waals surface area contributed by atoms with E-state index < -0.39 is 18.6 Å². The van der Waals surface area contributed by atoms with E-state index in [-0.39, 0.29) is 0 Å². The average Bonchev–Trinajstić information content (AvgIpc) is 1.59. The number of rotatable bonds is 0. The van der Waals surface area contributed by atoms with Crippen molar-refractivity contribution in [2.45, 2.75) is 48.4 Å². The fourth-order valence-electron chi connectivity index (χ4n) is 1.30. The summed E-state index contributed by atoms with van der Waals surface area (Å²) < 4.78 is 0.836. The molecule has 0 heterocycles. The van der Waals surface area contributed by atoms with Crippen LogP contribution in [0.15, 0.2) is 0 Å². The molecular weight excluding hydrogens is 250 g/mol. The zero-order valence-corrected chi connectivity index (χ0v) is 12.0. The van der Waals surface area contributed by atoms with Crippen LogP contribution in [0.5, 0.6) is 0 Å². The molecule has 0 bridgehead atoms. The van der Waals surface area contributed by atoms with E-state index in [0.717, 1.165) is 0 Å². The second-order valence-electron chi connectivity index (χ2n) is 5.09. The Morgan fingerprint density at radius 3 is 1.00 bits per heavy atom. The van der Waals surface area contributed by atoms with Crippen molar-refractivity contribution < 1.29 is 0 Å². The van der Waals surface area contributed by atoms with Crippen LogP contribution < -0.4 is 0 Å². The van der Waals surface area contributed by atoms with Gasteiger partial charge in [0, 0.05) is 0 Å². The molecule has 0 nitrogen and oxygen atoms in total. The van der Waals surface area contributed by atoms with Gasteiger partial charge >= 0.3 is 76.0 Å². The van der Waals surface area contributed by atoms with E-state index in [1.165, 1.54) is 0 Å². The molecule has 0 amide bonds. The molecule has 62 valence electrons. The Morgan fingerprint density at radius 2 is 1.00 bits per heavy atom. The van der Waals surface area contributed by atoms with Gasteiger partial charge in [-0.2, -0.15) is 0 Å². The van der Waals surface area contributed by atoms with Gasteiger partial charge in [0.15, 0.2) is 0 Å². The third kappa shape index (κ3) is 3.47. The summed E-state index contributed by atoms with van der Waals surface area (Å²) in [6.45, 7) is 13.6. The van der Waals surface area contributed by atoms with Crippen molar-refractivity contribution in [1.29, 1.82) is 0 Å². The molecular formula is C8H19ClSn. The molecule has 0 spiro atoms. The minimum atomic E-state index is -1.79. The quantitative estimate of drug-likeness (QED) is 0.590. The normalized spacial score (nSPS) is 14.4. The van der Waals surface area contributed by atoms with Gasteiger partial charge in [-0.3, -0.25) is 0 Å². The van der Waals surface area contributed by atoms with Crippen LogP contribution in [0.1, 0.15) is 41.5 Å². The molecule has 0 aliphatic rings. The third-order valence-electron chi connectivity index (χ3n) is 1.52. The standard InChI is InChI=1S/2C4H9.ClH.Sn.H/c2*1-4(2)3;;;/h2*1-3H3;1H;;/q;;;+1;/p-1. The van der Waals surface area contributed by atoms with Crippen molar-refractivity contribution in [3.8, 4) is 0 Å². The molecule has 0 unspecified atom stereocenters. The van der Waals surface area contributed by atoms with Crippen LogP contribution in [0.25, 0.3) is 0 Å². The van der Waals surface area contributed by atoms with Gasteiger partial charge in [0.25, 0.3) is 0 Å². The molecule has 0 aliphatic heterocycles. The second kappa shape index (κ2) is 3.22. The van der Waals surface area contributed by atoms with E-state index in [1.54, 1.807) is 0 Å².